The van der Waals surface area contributed by atoms with Crippen molar-refractivity contribution < 1.29 is 58.6 Å². The summed E-state index contributed by atoms with van der Waals surface area (Å²) in [7, 11) is -2.35. The zero-order chi connectivity index (χ0) is 33.7. The van der Waals surface area contributed by atoms with E-state index in [1.807, 2.05) is 20.8 Å². The van der Waals surface area contributed by atoms with E-state index >= 15 is 0 Å². The minimum absolute atomic E-state index is 0.444. The Morgan fingerprint density at radius 3 is 1.91 bits per heavy atom. The molecule has 0 aliphatic rings. The van der Waals surface area contributed by atoms with Crippen molar-refractivity contribution in [2.24, 2.45) is 0 Å². The van der Waals surface area contributed by atoms with Crippen molar-refractivity contribution in [2.75, 3.05) is 13.7 Å². The number of benzene rings is 2. The number of rotatable bonds is 8. The maximum atomic E-state index is 14.5. The van der Waals surface area contributed by atoms with Gasteiger partial charge in [-0.15, -0.1) is 0 Å². The second-order valence-corrected chi connectivity index (χ2v) is 16.5. The Hall–Kier alpha value is -3.17. The molecule has 0 bridgehead atoms. The van der Waals surface area contributed by atoms with E-state index in [1.54, 1.807) is 13.1 Å². The van der Waals surface area contributed by atoms with Gasteiger partial charge in [0.1, 0.15) is 5.69 Å². The smallest absolute Gasteiger partial charge is 0.433 e. The quantitative estimate of drug-likeness (QED) is 0.185. The van der Waals surface area contributed by atoms with Gasteiger partial charge in [0.05, 0.1) is 17.0 Å². The molecule has 0 saturated heterocycles. The molecule has 0 fully saturated rings. The number of carboxylic acids is 1. The normalized spacial score (nSPS) is 15.7. The summed E-state index contributed by atoms with van der Waals surface area (Å²) in [5.74, 6) is -4.37. The van der Waals surface area contributed by atoms with Crippen LogP contribution in [0.2, 0.25) is 18.1 Å². The summed E-state index contributed by atoms with van der Waals surface area (Å²) in [4.78, 5) is 15.4. The van der Waals surface area contributed by atoms with Crippen molar-refractivity contribution in [3.05, 3.63) is 76.5 Å². The van der Waals surface area contributed by atoms with Gasteiger partial charge < -0.3 is 19.1 Å². The van der Waals surface area contributed by atoms with Crippen LogP contribution in [0.25, 0.3) is 10.9 Å². The number of para-hydroxylation sites is 1. The third-order valence-electron chi connectivity index (χ3n) is 7.97. The number of carbonyl (C=O) groups excluding carboxylic acids is 1. The lowest BCUT2D eigenvalue weighted by atomic mass is 9.80. The Balaban J connectivity index is 2.54. The Labute approximate surface area is 248 Å². The van der Waals surface area contributed by atoms with Gasteiger partial charge in [-0.05, 0) is 41.4 Å². The van der Waals surface area contributed by atoms with Crippen LogP contribution in [0.15, 0.2) is 48.5 Å². The molecule has 0 aliphatic heterocycles. The maximum Gasteiger partial charge on any atom is 0.433 e. The average molecular weight is 655 g/mol. The number of alkyl halides is 9. The molecule has 2 atom stereocenters. The summed E-state index contributed by atoms with van der Waals surface area (Å²) in [6.07, 6.45) is -16.0. The highest BCUT2D eigenvalue weighted by molar-refractivity contribution is 6.74. The summed E-state index contributed by atoms with van der Waals surface area (Å²) in [6, 6.07) is 7.02. The van der Waals surface area contributed by atoms with Crippen LogP contribution in [0.3, 0.4) is 0 Å². The molecule has 1 heterocycles. The number of pyridine rings is 1. The predicted octanol–water partition coefficient (Wildman–Crippen LogP) is 7.58. The summed E-state index contributed by atoms with van der Waals surface area (Å²) >= 11 is 0. The Morgan fingerprint density at radius 2 is 1.43 bits per heavy atom. The fourth-order valence-electron chi connectivity index (χ4n) is 4.60. The van der Waals surface area contributed by atoms with Gasteiger partial charge in [-0.3, -0.25) is 0 Å². The van der Waals surface area contributed by atoms with Gasteiger partial charge in [0.2, 0.25) is 5.60 Å². The molecule has 0 N–H and O–H groups in total. The zero-order valence-corrected chi connectivity index (χ0v) is 25.4. The first-order valence-corrected chi connectivity index (χ1v) is 16.0. The summed E-state index contributed by atoms with van der Waals surface area (Å²) in [6.45, 7) is 8.33. The molecule has 0 saturated carbocycles. The minimum Gasteiger partial charge on any atom is -0.546 e. The van der Waals surface area contributed by atoms with Crippen molar-refractivity contribution in [1.82, 2.24) is 4.98 Å². The van der Waals surface area contributed by atoms with Gasteiger partial charge in [0.25, 0.3) is 0 Å². The van der Waals surface area contributed by atoms with Gasteiger partial charge in [0, 0.05) is 30.6 Å². The van der Waals surface area contributed by atoms with Gasteiger partial charge in [0.15, 0.2) is 8.32 Å². The largest absolute Gasteiger partial charge is 0.546 e. The van der Waals surface area contributed by atoms with E-state index in [2.05, 4.69) is 9.72 Å². The van der Waals surface area contributed by atoms with E-state index < -0.39 is 94.8 Å². The molecule has 0 aliphatic carbocycles. The van der Waals surface area contributed by atoms with E-state index in [0.717, 1.165) is 30.3 Å². The number of hydrogen-bond donors (Lipinski definition) is 0. The van der Waals surface area contributed by atoms with Crippen LogP contribution < -0.4 is 5.11 Å². The van der Waals surface area contributed by atoms with Crippen LogP contribution in [0.4, 0.5) is 39.5 Å². The highest BCUT2D eigenvalue weighted by Gasteiger charge is 2.59. The number of methoxy groups -OCH3 is 1. The molecule has 0 amide bonds. The third kappa shape index (κ3) is 6.45. The Bertz CT molecular complexity index is 1530. The first-order chi connectivity index (χ1) is 19.9. The number of fused-ring (bicyclic) bond motifs is 1. The molecular formula is C29H29F9NO4Si-. The first kappa shape index (κ1) is 35.3. The number of ether oxygens (including phenoxy) is 1. The zero-order valence-electron chi connectivity index (χ0n) is 24.4. The molecule has 242 valence electrons. The van der Waals surface area contributed by atoms with Crippen molar-refractivity contribution in [3.63, 3.8) is 0 Å². The molecule has 3 aromatic rings. The lowest BCUT2D eigenvalue weighted by Gasteiger charge is -2.40. The molecule has 0 radical (unpaired) electrons. The predicted molar refractivity (Wildman–Crippen MR) is 143 cm³/mol. The molecule has 2 aromatic carbocycles. The lowest BCUT2D eigenvalue weighted by molar-refractivity contribution is -0.361. The Morgan fingerprint density at radius 1 is 0.864 bits per heavy atom. The van der Waals surface area contributed by atoms with Crippen LogP contribution in [0, 0.1) is 0 Å². The van der Waals surface area contributed by atoms with E-state index in [0.29, 0.717) is 19.2 Å². The molecule has 1 aromatic heterocycles. The van der Waals surface area contributed by atoms with Crippen molar-refractivity contribution in [2.45, 2.75) is 69.0 Å². The number of aliphatic carboxylic acids is 1. The van der Waals surface area contributed by atoms with Crippen LogP contribution in [-0.4, -0.2) is 39.2 Å². The number of carbonyl (C=O) groups is 1. The van der Waals surface area contributed by atoms with Crippen LogP contribution >= 0.6 is 0 Å². The van der Waals surface area contributed by atoms with E-state index in [9.17, 15) is 49.4 Å². The second-order valence-electron chi connectivity index (χ2n) is 11.7. The SMILES string of the molecule is CO[C@](C(=O)[O-])(c1ccccc1[C@H](CO[Si](C)(C)C(C)(C)C)c1cc(C(F)(F)F)nc2c(C(F)(F)F)cccc12)C(F)(F)F. The standard InChI is InChI=1S/C29H30F9NO4Si/c1-25(2,3)44(5,6)43-15-19(16-10-7-8-12-20(16)26(42-4,24(40)41)29(36,37)38)18-14-22(28(33,34)35)39-23-17(18)11-9-13-21(23)27(30,31)32/h7-14,19H,15H2,1-6H3,(H,40,41)/p-1/t19-,26-/m0/s1. The molecule has 0 unspecified atom stereocenters. The number of carboxylic acid groups (broad SMARTS) is 1. The first-order valence-electron chi connectivity index (χ1n) is 13.0. The number of aromatic nitrogens is 1. The highest BCUT2D eigenvalue weighted by Crippen LogP contribution is 2.48. The minimum atomic E-state index is -5.64. The maximum absolute atomic E-state index is 14.5. The fourth-order valence-corrected chi connectivity index (χ4v) is 5.62. The lowest BCUT2D eigenvalue weighted by Crippen LogP contribution is -2.57. The van der Waals surface area contributed by atoms with Crippen molar-refractivity contribution >= 4 is 25.2 Å². The average Bonchev–Trinajstić information content (AvgIpc) is 2.86. The molecule has 15 heteroatoms. The number of halogens is 9. The molecule has 44 heavy (non-hydrogen) atoms. The van der Waals surface area contributed by atoms with Gasteiger partial charge >= 0.3 is 18.5 Å². The molecule has 3 rings (SSSR count). The van der Waals surface area contributed by atoms with Gasteiger partial charge in [-0.1, -0.05) is 57.2 Å². The van der Waals surface area contributed by atoms with Crippen molar-refractivity contribution in [3.8, 4) is 0 Å². The van der Waals surface area contributed by atoms with E-state index in [1.165, 1.54) is 6.07 Å². The number of hydrogen-bond acceptors (Lipinski definition) is 5. The number of nitrogens with zero attached hydrogens (tertiary/aromatic N) is 1. The summed E-state index contributed by atoms with van der Waals surface area (Å²) in [5, 5.41) is 11.2. The molecule has 5 nitrogen and oxygen atoms in total. The summed E-state index contributed by atoms with van der Waals surface area (Å²) < 4.78 is 138. The van der Waals surface area contributed by atoms with Crippen LogP contribution in [-0.2, 0) is 31.9 Å². The fraction of sp³-hybridized carbons (Fsp3) is 0.448. The molecule has 0 spiro atoms. The van der Waals surface area contributed by atoms with Crippen LogP contribution in [0.5, 0.6) is 0 Å². The topological polar surface area (TPSA) is 71.5 Å². The monoisotopic (exact) mass is 654 g/mol. The third-order valence-corrected chi connectivity index (χ3v) is 12.5. The van der Waals surface area contributed by atoms with E-state index in [4.69, 9.17) is 4.43 Å². The highest BCUT2D eigenvalue weighted by atomic mass is 28.4. The van der Waals surface area contributed by atoms with Gasteiger partial charge in [-0.2, -0.15) is 39.5 Å². The summed E-state index contributed by atoms with van der Waals surface area (Å²) in [5.41, 5.74) is -10.5. The second kappa shape index (κ2) is 11.6. The van der Waals surface area contributed by atoms with Crippen LogP contribution in [0.1, 0.15) is 54.6 Å². The van der Waals surface area contributed by atoms with Gasteiger partial charge in [-0.25, -0.2) is 4.98 Å². The Kier molecular flexibility index (Phi) is 9.34. The van der Waals surface area contributed by atoms with Crippen molar-refractivity contribution in [1.29, 1.82) is 0 Å². The van der Waals surface area contributed by atoms with E-state index in [-0.39, 0.29) is 0 Å². The molecular weight excluding hydrogens is 625 g/mol.